The molecule has 4 heterocycles. The maximum absolute atomic E-state index is 13.7. The molecule has 0 aliphatic carbocycles. The number of nitrogens with one attached hydrogen (secondary N) is 2. The Morgan fingerprint density at radius 1 is 1.33 bits per heavy atom. The number of hydrogen-bond donors (Lipinski definition) is 3. The molecule has 5 rings (SSSR count). The first-order valence-electron chi connectivity index (χ1n) is 11.3. The molecule has 4 aliphatic rings. The molecule has 0 saturated carbocycles. The summed E-state index contributed by atoms with van der Waals surface area (Å²) in [5.74, 6) is 0.0680. The van der Waals surface area contributed by atoms with Gasteiger partial charge in [-0.1, -0.05) is 20.8 Å². The minimum absolute atomic E-state index is 0.0148. The van der Waals surface area contributed by atoms with E-state index >= 15 is 0 Å². The second kappa shape index (κ2) is 8.32. The normalized spacial score (nSPS) is 29.4. The Bertz CT molecular complexity index is 1080. The minimum Gasteiger partial charge on any atom is -0.511 e. The van der Waals surface area contributed by atoms with Crippen molar-refractivity contribution in [2.45, 2.75) is 63.2 Å². The zero-order chi connectivity index (χ0) is 23.5. The van der Waals surface area contributed by atoms with Gasteiger partial charge in [0.05, 0.1) is 34.8 Å². The molecule has 4 aliphatic heterocycles. The van der Waals surface area contributed by atoms with Crippen molar-refractivity contribution in [1.29, 1.82) is 0 Å². The number of aliphatic imine (C=N–C) groups is 1. The number of amides is 1. The molecule has 178 valence electrons. The highest BCUT2D eigenvalue weighted by atomic mass is 32.2. The van der Waals surface area contributed by atoms with E-state index in [1.54, 1.807) is 12.3 Å². The molecule has 2 bridgehead atoms. The van der Waals surface area contributed by atoms with E-state index in [2.05, 4.69) is 35.2 Å². The van der Waals surface area contributed by atoms with Crippen molar-refractivity contribution in [3.05, 3.63) is 29.5 Å². The van der Waals surface area contributed by atoms with E-state index in [0.717, 1.165) is 29.8 Å². The highest BCUT2D eigenvalue weighted by Crippen LogP contribution is 2.48. The molecule has 2 fully saturated rings. The number of rotatable bonds is 5. The Balaban J connectivity index is 1.50. The summed E-state index contributed by atoms with van der Waals surface area (Å²) in [6.07, 6.45) is 4.18. The lowest BCUT2D eigenvalue weighted by atomic mass is 9.77. The van der Waals surface area contributed by atoms with Crippen LogP contribution in [0.2, 0.25) is 0 Å². The smallest absolute Gasteiger partial charge is 0.261 e. The van der Waals surface area contributed by atoms with Gasteiger partial charge in [0.1, 0.15) is 22.3 Å². The van der Waals surface area contributed by atoms with Crippen molar-refractivity contribution in [3.63, 3.8) is 0 Å². The van der Waals surface area contributed by atoms with Crippen LogP contribution in [-0.4, -0.2) is 57.0 Å². The third-order valence-electron chi connectivity index (χ3n) is 6.69. The van der Waals surface area contributed by atoms with E-state index in [1.165, 1.54) is 11.9 Å². The number of ether oxygens (including phenoxy) is 1. The van der Waals surface area contributed by atoms with Gasteiger partial charge in [-0.25, -0.2) is 9.20 Å². The highest BCUT2D eigenvalue weighted by Gasteiger charge is 2.58. The summed E-state index contributed by atoms with van der Waals surface area (Å²) in [7, 11) is -1.17. The number of hydrogen-bond acceptors (Lipinski definition) is 7. The maximum Gasteiger partial charge on any atom is 0.261 e. The summed E-state index contributed by atoms with van der Waals surface area (Å²) in [6.45, 7) is 7.12. The molecule has 0 radical (unpaired) electrons. The van der Waals surface area contributed by atoms with Crippen LogP contribution in [0.15, 0.2) is 39.4 Å². The molecule has 5 atom stereocenters. The lowest BCUT2D eigenvalue weighted by Gasteiger charge is -2.43. The molecular formula is C23H30N4O4S2. The Morgan fingerprint density at radius 2 is 2.09 bits per heavy atom. The fraction of sp³-hybridized carbons (Fsp3) is 0.565. The monoisotopic (exact) mass is 490 g/mol. The second-order valence-corrected chi connectivity index (χ2v) is 12.2. The van der Waals surface area contributed by atoms with Gasteiger partial charge in [-0.05, 0) is 54.8 Å². The van der Waals surface area contributed by atoms with Gasteiger partial charge in [0.15, 0.2) is 5.84 Å². The number of nitrogens with zero attached hydrogens (tertiary/aromatic N) is 2. The van der Waals surface area contributed by atoms with Gasteiger partial charge in [0, 0.05) is 18.5 Å². The van der Waals surface area contributed by atoms with Crippen molar-refractivity contribution in [2.24, 2.45) is 16.3 Å². The zero-order valence-corrected chi connectivity index (χ0v) is 20.9. The largest absolute Gasteiger partial charge is 0.511 e. The van der Waals surface area contributed by atoms with E-state index in [9.17, 15) is 14.1 Å². The molecule has 1 aromatic rings. The first-order valence-corrected chi connectivity index (χ1v) is 13.7. The van der Waals surface area contributed by atoms with Crippen molar-refractivity contribution < 1.29 is 18.8 Å². The summed E-state index contributed by atoms with van der Waals surface area (Å²) in [5.41, 5.74) is 1.76. The Labute approximate surface area is 201 Å². The molecule has 3 N–H and O–H groups in total. The van der Waals surface area contributed by atoms with Crippen molar-refractivity contribution in [3.8, 4) is 0 Å². The van der Waals surface area contributed by atoms with Crippen LogP contribution in [0.3, 0.4) is 0 Å². The van der Waals surface area contributed by atoms with Gasteiger partial charge in [-0.3, -0.25) is 4.79 Å². The number of carbonyl (C=O) groups excluding carboxylic acids is 1. The molecule has 8 nitrogen and oxygen atoms in total. The lowest BCUT2D eigenvalue weighted by molar-refractivity contribution is -0.133. The molecule has 0 aromatic heterocycles. The van der Waals surface area contributed by atoms with Crippen LogP contribution in [0.1, 0.15) is 40.0 Å². The predicted octanol–water partition coefficient (Wildman–Crippen LogP) is 3.67. The Morgan fingerprint density at radius 3 is 2.82 bits per heavy atom. The average molecular weight is 491 g/mol. The standard InChI is InChI=1S/C23H30N4O4S2/c1-23(2,3)9-10-27-19-15-8-7-14(31-15)17(19)20(28)18(22(27)29)21-24-13-6-5-12(26-33(4)30)11-16(13)32-25-21/h5-6,11,14-15,17,19,26,28H,7-10H2,1-4H3,(H,24,25). The summed E-state index contributed by atoms with van der Waals surface area (Å²) < 4.78 is 23.7. The number of carbonyl (C=O) groups is 1. The van der Waals surface area contributed by atoms with E-state index in [0.29, 0.717) is 18.1 Å². The number of aliphatic hydroxyl groups excluding tert-OH is 1. The van der Waals surface area contributed by atoms with Gasteiger partial charge in [0.25, 0.3) is 5.91 Å². The summed E-state index contributed by atoms with van der Waals surface area (Å²) in [4.78, 5) is 21.2. The molecule has 33 heavy (non-hydrogen) atoms. The van der Waals surface area contributed by atoms with Crippen molar-refractivity contribution in [2.75, 3.05) is 17.5 Å². The molecular weight excluding hydrogens is 460 g/mol. The molecule has 5 unspecified atom stereocenters. The van der Waals surface area contributed by atoms with Crippen LogP contribution < -0.4 is 9.44 Å². The second-order valence-electron chi connectivity index (χ2n) is 10.3. The lowest BCUT2D eigenvalue weighted by Crippen LogP contribution is -2.56. The quantitative estimate of drug-likeness (QED) is 0.544. The van der Waals surface area contributed by atoms with Crippen molar-refractivity contribution in [1.82, 2.24) is 9.62 Å². The first-order chi connectivity index (χ1) is 15.6. The van der Waals surface area contributed by atoms with Crippen LogP contribution in [0.25, 0.3) is 0 Å². The maximum atomic E-state index is 13.7. The van der Waals surface area contributed by atoms with Gasteiger partial charge >= 0.3 is 0 Å². The van der Waals surface area contributed by atoms with Crippen molar-refractivity contribution >= 4 is 46.1 Å². The summed E-state index contributed by atoms with van der Waals surface area (Å²) >= 11 is 1.33. The molecule has 1 aromatic carbocycles. The Kier molecular flexibility index (Phi) is 5.73. The van der Waals surface area contributed by atoms with E-state index in [4.69, 9.17) is 4.74 Å². The molecule has 2 saturated heterocycles. The van der Waals surface area contributed by atoms with Crippen LogP contribution >= 0.6 is 11.9 Å². The third kappa shape index (κ3) is 4.17. The van der Waals surface area contributed by atoms with Crippen LogP contribution in [-0.2, 0) is 20.5 Å². The van der Waals surface area contributed by atoms with Gasteiger partial charge < -0.3 is 24.2 Å². The number of fused-ring (bicyclic) bond motifs is 6. The predicted molar refractivity (Wildman–Crippen MR) is 131 cm³/mol. The average Bonchev–Trinajstić information content (AvgIpc) is 3.35. The number of aliphatic hydroxyl groups is 1. The Hall–Kier alpha value is -2.04. The van der Waals surface area contributed by atoms with Crippen LogP contribution in [0.5, 0.6) is 0 Å². The van der Waals surface area contributed by atoms with Gasteiger partial charge in [-0.2, -0.15) is 0 Å². The van der Waals surface area contributed by atoms with Gasteiger partial charge in [0.2, 0.25) is 0 Å². The van der Waals surface area contributed by atoms with Crippen LogP contribution in [0.4, 0.5) is 11.4 Å². The van der Waals surface area contributed by atoms with E-state index in [1.807, 2.05) is 17.0 Å². The molecule has 1 amide bonds. The molecule has 10 heteroatoms. The zero-order valence-electron chi connectivity index (χ0n) is 19.3. The third-order valence-corrected chi connectivity index (χ3v) is 8.06. The first kappa shape index (κ1) is 22.7. The fourth-order valence-corrected chi connectivity index (χ4v) is 6.36. The number of benzene rings is 1. The summed E-state index contributed by atoms with van der Waals surface area (Å²) in [6, 6.07) is 5.38. The highest BCUT2D eigenvalue weighted by molar-refractivity contribution is 7.98. The fourth-order valence-electron chi connectivity index (χ4n) is 5.14. The van der Waals surface area contributed by atoms with E-state index < -0.39 is 11.0 Å². The van der Waals surface area contributed by atoms with Gasteiger partial charge in [-0.15, -0.1) is 0 Å². The number of amidine groups is 1. The summed E-state index contributed by atoms with van der Waals surface area (Å²) in [5, 5.41) is 11.3. The SMILES string of the molecule is CS(=O)Nc1ccc2c(c1)SNC(C1=C(O)C3C4CCC(O4)C3N(CCC(C)(C)C)C1=O)=N2. The minimum atomic E-state index is -1.17. The van der Waals surface area contributed by atoms with E-state index in [-0.39, 0.29) is 46.8 Å². The topological polar surface area (TPSA) is 103 Å². The van der Waals surface area contributed by atoms with Crippen LogP contribution in [0, 0.1) is 11.3 Å². The molecule has 0 spiro atoms. The number of anilines is 1.